The lowest BCUT2D eigenvalue weighted by Crippen LogP contribution is -2.50. The first-order chi connectivity index (χ1) is 15.2. The molecule has 1 saturated heterocycles. The van der Waals surface area contributed by atoms with Crippen LogP contribution in [-0.2, 0) is 9.47 Å². The highest BCUT2D eigenvalue weighted by molar-refractivity contribution is 14.0. The van der Waals surface area contributed by atoms with Crippen molar-refractivity contribution in [1.29, 1.82) is 0 Å². The number of benzene rings is 1. The zero-order valence-electron chi connectivity index (χ0n) is 20.2. The zero-order chi connectivity index (χ0) is 23.6. The molecule has 0 bridgehead atoms. The Morgan fingerprint density at radius 3 is 2.36 bits per heavy atom. The number of carbonyl (C=O) groups excluding carboxylic acids is 2. The molecular formula is C23H38IN5O4. The van der Waals surface area contributed by atoms with Gasteiger partial charge in [-0.2, -0.15) is 0 Å². The van der Waals surface area contributed by atoms with Gasteiger partial charge >= 0.3 is 12.2 Å². The third-order valence-electron chi connectivity index (χ3n) is 4.94. The fraction of sp³-hybridized carbons (Fsp3) is 0.609. The SMILES string of the molecule is CCNC(=NCC(NC(=O)OC(C)(C)C)c1ccccc1)NC1CCN(C(=O)OC)CC1.I. The van der Waals surface area contributed by atoms with Gasteiger partial charge in [0.2, 0.25) is 0 Å². The first kappa shape index (κ1) is 28.8. The molecule has 1 atom stereocenters. The predicted molar refractivity (Wildman–Crippen MR) is 140 cm³/mol. The Morgan fingerprint density at radius 2 is 1.82 bits per heavy atom. The van der Waals surface area contributed by atoms with Crippen molar-refractivity contribution >= 4 is 42.1 Å². The molecule has 10 heteroatoms. The van der Waals surface area contributed by atoms with Gasteiger partial charge in [-0.3, -0.25) is 4.99 Å². The van der Waals surface area contributed by atoms with Gasteiger partial charge in [0.25, 0.3) is 0 Å². The number of ether oxygens (including phenoxy) is 2. The third kappa shape index (κ3) is 10.5. The van der Waals surface area contributed by atoms with E-state index in [9.17, 15) is 9.59 Å². The van der Waals surface area contributed by atoms with Crippen molar-refractivity contribution < 1.29 is 19.1 Å². The summed E-state index contributed by atoms with van der Waals surface area (Å²) in [4.78, 5) is 30.5. The molecule has 1 heterocycles. The molecule has 1 aliphatic heterocycles. The van der Waals surface area contributed by atoms with E-state index >= 15 is 0 Å². The van der Waals surface area contributed by atoms with E-state index in [1.165, 1.54) is 7.11 Å². The Bertz CT molecular complexity index is 762. The van der Waals surface area contributed by atoms with Crippen LogP contribution in [0.1, 0.15) is 52.1 Å². The largest absolute Gasteiger partial charge is 0.453 e. The molecule has 33 heavy (non-hydrogen) atoms. The number of alkyl carbamates (subject to hydrolysis) is 1. The molecule has 1 aliphatic rings. The second kappa shape index (κ2) is 14.1. The topological polar surface area (TPSA) is 104 Å². The Labute approximate surface area is 214 Å². The van der Waals surface area contributed by atoms with Gasteiger partial charge in [0.1, 0.15) is 5.60 Å². The maximum absolute atomic E-state index is 12.4. The van der Waals surface area contributed by atoms with Crippen LogP contribution < -0.4 is 16.0 Å². The van der Waals surface area contributed by atoms with E-state index < -0.39 is 11.7 Å². The van der Waals surface area contributed by atoms with Crippen LogP contribution in [0.2, 0.25) is 0 Å². The molecule has 1 fully saturated rings. The number of amides is 2. The number of guanidine groups is 1. The second-order valence-corrected chi connectivity index (χ2v) is 8.70. The third-order valence-corrected chi connectivity index (χ3v) is 4.94. The van der Waals surface area contributed by atoms with Crippen LogP contribution in [0, 0.1) is 0 Å². The van der Waals surface area contributed by atoms with Crippen LogP contribution in [0.3, 0.4) is 0 Å². The highest BCUT2D eigenvalue weighted by Gasteiger charge is 2.24. The van der Waals surface area contributed by atoms with Crippen LogP contribution in [0.15, 0.2) is 35.3 Å². The first-order valence-corrected chi connectivity index (χ1v) is 11.1. The molecule has 186 valence electrons. The molecule has 0 spiro atoms. The quantitative estimate of drug-likeness (QED) is 0.272. The number of methoxy groups -OCH3 is 1. The predicted octanol–water partition coefficient (Wildman–Crippen LogP) is 3.66. The number of likely N-dealkylation sites (tertiary alicyclic amines) is 1. The lowest BCUT2D eigenvalue weighted by Gasteiger charge is -2.32. The van der Waals surface area contributed by atoms with Crippen molar-refractivity contribution in [3.8, 4) is 0 Å². The molecule has 0 radical (unpaired) electrons. The van der Waals surface area contributed by atoms with Crippen molar-refractivity contribution in [2.45, 2.75) is 58.2 Å². The van der Waals surface area contributed by atoms with Gasteiger partial charge in [0.15, 0.2) is 5.96 Å². The van der Waals surface area contributed by atoms with Crippen LogP contribution in [-0.4, -0.2) is 68.0 Å². The number of hydrogen-bond donors (Lipinski definition) is 3. The zero-order valence-corrected chi connectivity index (χ0v) is 22.6. The van der Waals surface area contributed by atoms with Crippen molar-refractivity contribution in [3.63, 3.8) is 0 Å². The van der Waals surface area contributed by atoms with Crippen LogP contribution >= 0.6 is 24.0 Å². The minimum absolute atomic E-state index is 0. The van der Waals surface area contributed by atoms with Gasteiger partial charge in [-0.1, -0.05) is 30.3 Å². The molecule has 0 aliphatic carbocycles. The Morgan fingerprint density at radius 1 is 1.18 bits per heavy atom. The van der Waals surface area contributed by atoms with Gasteiger partial charge in [-0.25, -0.2) is 9.59 Å². The van der Waals surface area contributed by atoms with E-state index in [1.54, 1.807) is 4.90 Å². The molecule has 2 amide bonds. The van der Waals surface area contributed by atoms with Crippen LogP contribution in [0.25, 0.3) is 0 Å². The second-order valence-electron chi connectivity index (χ2n) is 8.70. The highest BCUT2D eigenvalue weighted by Crippen LogP contribution is 2.16. The normalized spacial score (nSPS) is 15.7. The summed E-state index contributed by atoms with van der Waals surface area (Å²) in [7, 11) is 1.40. The van der Waals surface area contributed by atoms with E-state index in [4.69, 9.17) is 14.5 Å². The summed E-state index contributed by atoms with van der Waals surface area (Å²) >= 11 is 0. The summed E-state index contributed by atoms with van der Waals surface area (Å²) in [6.45, 7) is 9.84. The van der Waals surface area contributed by atoms with Crippen LogP contribution in [0.5, 0.6) is 0 Å². The summed E-state index contributed by atoms with van der Waals surface area (Å²) in [5.41, 5.74) is 0.369. The lowest BCUT2D eigenvalue weighted by atomic mass is 10.1. The van der Waals surface area contributed by atoms with Crippen molar-refractivity contribution in [3.05, 3.63) is 35.9 Å². The van der Waals surface area contributed by atoms with Gasteiger partial charge < -0.3 is 30.3 Å². The fourth-order valence-electron chi connectivity index (χ4n) is 3.40. The van der Waals surface area contributed by atoms with Gasteiger partial charge in [0, 0.05) is 25.7 Å². The Hall–Kier alpha value is -2.24. The number of carbonyl (C=O) groups is 2. The molecular weight excluding hydrogens is 537 g/mol. The monoisotopic (exact) mass is 575 g/mol. The first-order valence-electron chi connectivity index (χ1n) is 11.1. The molecule has 1 unspecified atom stereocenters. The van der Waals surface area contributed by atoms with Gasteiger partial charge in [-0.05, 0) is 46.1 Å². The number of aliphatic imine (C=N–C) groups is 1. The molecule has 1 aromatic carbocycles. The minimum Gasteiger partial charge on any atom is -0.453 e. The Kier molecular flexibility index (Phi) is 12.3. The molecule has 1 aromatic rings. The Balaban J connectivity index is 0.00000544. The summed E-state index contributed by atoms with van der Waals surface area (Å²) in [6, 6.07) is 9.58. The smallest absolute Gasteiger partial charge is 0.409 e. The van der Waals surface area contributed by atoms with Gasteiger partial charge in [0.05, 0.1) is 19.7 Å². The summed E-state index contributed by atoms with van der Waals surface area (Å²) in [5.74, 6) is 0.677. The van der Waals surface area contributed by atoms with Crippen LogP contribution in [0.4, 0.5) is 9.59 Å². The van der Waals surface area contributed by atoms with E-state index in [0.717, 1.165) is 18.4 Å². The number of piperidine rings is 1. The number of hydrogen-bond acceptors (Lipinski definition) is 5. The average molecular weight is 575 g/mol. The summed E-state index contributed by atoms with van der Waals surface area (Å²) in [5, 5.41) is 9.65. The standard InChI is InChI=1S/C23H37N5O4.HI/c1-6-24-20(26-18-12-14-28(15-13-18)22(30)31-5)25-16-19(17-10-8-7-9-11-17)27-21(29)32-23(2,3)4;/h7-11,18-19H,6,12-16H2,1-5H3,(H,27,29)(H2,24,25,26);1H. The lowest BCUT2D eigenvalue weighted by molar-refractivity contribution is 0.0505. The average Bonchev–Trinajstić information content (AvgIpc) is 2.76. The van der Waals surface area contributed by atoms with E-state index in [-0.39, 0.29) is 42.2 Å². The maximum Gasteiger partial charge on any atom is 0.409 e. The number of nitrogens with zero attached hydrogens (tertiary/aromatic N) is 2. The highest BCUT2D eigenvalue weighted by atomic mass is 127. The summed E-state index contributed by atoms with van der Waals surface area (Å²) < 4.78 is 10.2. The fourth-order valence-corrected chi connectivity index (χ4v) is 3.40. The van der Waals surface area contributed by atoms with Crippen molar-refractivity contribution in [1.82, 2.24) is 20.9 Å². The number of nitrogens with one attached hydrogen (secondary N) is 3. The van der Waals surface area contributed by atoms with E-state index in [1.807, 2.05) is 58.0 Å². The molecule has 2 rings (SSSR count). The van der Waals surface area contributed by atoms with Crippen molar-refractivity contribution in [2.75, 3.05) is 33.3 Å². The molecule has 9 nitrogen and oxygen atoms in total. The molecule has 0 saturated carbocycles. The molecule has 3 N–H and O–H groups in total. The minimum atomic E-state index is -0.579. The van der Waals surface area contributed by atoms with Crippen molar-refractivity contribution in [2.24, 2.45) is 4.99 Å². The number of halogens is 1. The molecule has 0 aromatic heterocycles. The number of rotatable bonds is 6. The van der Waals surface area contributed by atoms with Gasteiger partial charge in [-0.15, -0.1) is 24.0 Å². The van der Waals surface area contributed by atoms with E-state index in [0.29, 0.717) is 32.1 Å². The summed E-state index contributed by atoms with van der Waals surface area (Å²) in [6.07, 6.45) is 0.841. The maximum atomic E-state index is 12.4. The van der Waals surface area contributed by atoms with E-state index in [2.05, 4.69) is 16.0 Å².